The van der Waals surface area contributed by atoms with Gasteiger partial charge in [-0.15, -0.1) is 0 Å². The van der Waals surface area contributed by atoms with Crippen molar-refractivity contribution in [3.05, 3.63) is 35.9 Å². The van der Waals surface area contributed by atoms with E-state index < -0.39 is 0 Å². The van der Waals surface area contributed by atoms with Crippen LogP contribution >= 0.6 is 0 Å². The highest BCUT2D eigenvalue weighted by molar-refractivity contribution is 5.94. The topological polar surface area (TPSA) is 75.4 Å². The predicted octanol–water partition coefficient (Wildman–Crippen LogP) is 1.78. The van der Waals surface area contributed by atoms with E-state index in [-0.39, 0.29) is 23.8 Å². The van der Waals surface area contributed by atoms with Crippen molar-refractivity contribution in [1.82, 2.24) is 10.2 Å². The number of carbonyl (C=O) groups is 2. The molecular weight excluding hydrogens is 302 g/mol. The Morgan fingerprint density at radius 1 is 1.17 bits per heavy atom. The smallest absolute Gasteiger partial charge is 0.251 e. The largest absolute Gasteiger partial charge is 0.352 e. The van der Waals surface area contributed by atoms with E-state index in [1.165, 1.54) is 0 Å². The molecule has 3 unspecified atom stereocenters. The monoisotopic (exact) mass is 329 g/mol. The van der Waals surface area contributed by atoms with Gasteiger partial charge in [-0.25, -0.2) is 0 Å². The fourth-order valence-electron chi connectivity index (χ4n) is 3.86. The molecule has 5 heteroatoms. The average molecular weight is 329 g/mol. The lowest BCUT2D eigenvalue weighted by atomic mass is 9.96. The summed E-state index contributed by atoms with van der Waals surface area (Å²) in [4.78, 5) is 26.8. The zero-order valence-corrected chi connectivity index (χ0v) is 14.1. The zero-order valence-electron chi connectivity index (χ0n) is 14.1. The third-order valence-corrected chi connectivity index (χ3v) is 5.24. The van der Waals surface area contributed by atoms with Crippen molar-refractivity contribution in [1.29, 1.82) is 0 Å². The Balaban J connectivity index is 1.49. The summed E-state index contributed by atoms with van der Waals surface area (Å²) in [6, 6.07) is 9.44. The van der Waals surface area contributed by atoms with Gasteiger partial charge in [-0.1, -0.05) is 18.2 Å². The molecular formula is C19H27N3O2. The first kappa shape index (κ1) is 17.0. The average Bonchev–Trinajstić information content (AvgIpc) is 3.06. The van der Waals surface area contributed by atoms with Crippen LogP contribution in [-0.2, 0) is 4.79 Å². The minimum absolute atomic E-state index is 0.0409. The van der Waals surface area contributed by atoms with Gasteiger partial charge < -0.3 is 16.0 Å². The molecule has 0 spiro atoms. The lowest BCUT2D eigenvalue weighted by molar-refractivity contribution is -0.137. The number of carbonyl (C=O) groups excluding carboxylic acids is 2. The summed E-state index contributed by atoms with van der Waals surface area (Å²) < 4.78 is 0. The fourth-order valence-corrected chi connectivity index (χ4v) is 3.86. The SMILES string of the molecule is NC1CCC(C(=O)N2CCCC(CNC(=O)c3ccccc3)C2)C1. The Bertz CT molecular complexity index is 575. The molecule has 5 nitrogen and oxygen atoms in total. The van der Waals surface area contributed by atoms with Crippen LogP contribution in [0.3, 0.4) is 0 Å². The second kappa shape index (κ2) is 7.79. The van der Waals surface area contributed by atoms with Crippen LogP contribution in [0.25, 0.3) is 0 Å². The van der Waals surface area contributed by atoms with Crippen LogP contribution in [0.2, 0.25) is 0 Å². The number of hydrogen-bond acceptors (Lipinski definition) is 3. The van der Waals surface area contributed by atoms with Gasteiger partial charge in [0.2, 0.25) is 5.91 Å². The maximum absolute atomic E-state index is 12.6. The summed E-state index contributed by atoms with van der Waals surface area (Å²) in [6.45, 7) is 2.22. The molecule has 1 aliphatic heterocycles. The van der Waals surface area contributed by atoms with Crippen LogP contribution in [0.15, 0.2) is 30.3 Å². The van der Waals surface area contributed by atoms with Crippen LogP contribution in [0, 0.1) is 11.8 Å². The number of amides is 2. The van der Waals surface area contributed by atoms with E-state index in [4.69, 9.17) is 5.73 Å². The first-order chi connectivity index (χ1) is 11.6. The Kier molecular flexibility index (Phi) is 5.51. The second-order valence-corrected chi connectivity index (χ2v) is 7.14. The Morgan fingerprint density at radius 3 is 2.67 bits per heavy atom. The molecule has 2 fully saturated rings. The first-order valence-corrected chi connectivity index (χ1v) is 9.01. The van der Waals surface area contributed by atoms with Crippen LogP contribution in [-0.4, -0.2) is 42.4 Å². The highest BCUT2D eigenvalue weighted by Gasteiger charge is 2.33. The number of nitrogens with one attached hydrogen (secondary N) is 1. The second-order valence-electron chi connectivity index (χ2n) is 7.14. The number of piperidine rings is 1. The van der Waals surface area contributed by atoms with E-state index in [0.717, 1.165) is 45.2 Å². The highest BCUT2D eigenvalue weighted by atomic mass is 16.2. The fraction of sp³-hybridized carbons (Fsp3) is 0.579. The molecule has 130 valence electrons. The molecule has 0 aromatic heterocycles. The molecule has 1 heterocycles. The molecule has 24 heavy (non-hydrogen) atoms. The van der Waals surface area contributed by atoms with Gasteiger partial charge in [0.05, 0.1) is 0 Å². The van der Waals surface area contributed by atoms with Crippen molar-refractivity contribution in [2.45, 2.75) is 38.1 Å². The van der Waals surface area contributed by atoms with E-state index in [2.05, 4.69) is 5.32 Å². The van der Waals surface area contributed by atoms with Gasteiger partial charge in [0.25, 0.3) is 5.91 Å². The number of likely N-dealkylation sites (tertiary alicyclic amines) is 1. The third kappa shape index (κ3) is 4.15. The zero-order chi connectivity index (χ0) is 16.9. The van der Waals surface area contributed by atoms with Gasteiger partial charge in [0.1, 0.15) is 0 Å². The molecule has 1 aromatic rings. The molecule has 1 aliphatic carbocycles. The van der Waals surface area contributed by atoms with E-state index in [1.807, 2.05) is 35.2 Å². The summed E-state index contributed by atoms with van der Waals surface area (Å²) in [7, 11) is 0. The Labute approximate surface area is 143 Å². The summed E-state index contributed by atoms with van der Waals surface area (Å²) in [5.74, 6) is 0.672. The molecule has 2 amide bonds. The van der Waals surface area contributed by atoms with Crippen molar-refractivity contribution < 1.29 is 9.59 Å². The molecule has 3 rings (SSSR count). The minimum atomic E-state index is -0.0409. The summed E-state index contributed by atoms with van der Waals surface area (Å²) in [5, 5.41) is 3.01. The Morgan fingerprint density at radius 2 is 1.96 bits per heavy atom. The Hall–Kier alpha value is -1.88. The quantitative estimate of drug-likeness (QED) is 0.884. The predicted molar refractivity (Wildman–Crippen MR) is 93.4 cm³/mol. The maximum atomic E-state index is 12.6. The van der Waals surface area contributed by atoms with Crippen molar-refractivity contribution in [3.8, 4) is 0 Å². The molecule has 0 radical (unpaired) electrons. The summed E-state index contributed by atoms with van der Waals surface area (Å²) in [6.07, 6.45) is 4.77. The van der Waals surface area contributed by atoms with Crippen molar-refractivity contribution in [3.63, 3.8) is 0 Å². The van der Waals surface area contributed by atoms with E-state index in [0.29, 0.717) is 18.0 Å². The molecule has 1 saturated carbocycles. The van der Waals surface area contributed by atoms with Crippen LogP contribution < -0.4 is 11.1 Å². The minimum Gasteiger partial charge on any atom is -0.352 e. The molecule has 3 atom stereocenters. The number of nitrogens with zero attached hydrogens (tertiary/aromatic N) is 1. The first-order valence-electron chi connectivity index (χ1n) is 9.01. The van der Waals surface area contributed by atoms with Crippen LogP contribution in [0.5, 0.6) is 0 Å². The molecule has 2 aliphatic rings. The van der Waals surface area contributed by atoms with Crippen molar-refractivity contribution >= 4 is 11.8 Å². The van der Waals surface area contributed by atoms with Gasteiger partial charge in [-0.2, -0.15) is 0 Å². The molecule has 0 bridgehead atoms. The van der Waals surface area contributed by atoms with Crippen LogP contribution in [0.1, 0.15) is 42.5 Å². The summed E-state index contributed by atoms with van der Waals surface area (Å²) >= 11 is 0. The number of rotatable bonds is 4. The van der Waals surface area contributed by atoms with Gasteiger partial charge in [-0.3, -0.25) is 9.59 Å². The number of hydrogen-bond donors (Lipinski definition) is 2. The van der Waals surface area contributed by atoms with Gasteiger partial charge in [-0.05, 0) is 50.2 Å². The lowest BCUT2D eigenvalue weighted by Crippen LogP contribution is -2.45. The standard InChI is InChI=1S/C19H27N3O2/c20-17-9-8-16(11-17)19(24)22-10-4-5-14(13-22)12-21-18(23)15-6-2-1-3-7-15/h1-3,6-7,14,16-17H,4-5,8-13,20H2,(H,21,23). The van der Waals surface area contributed by atoms with Gasteiger partial charge in [0.15, 0.2) is 0 Å². The summed E-state index contributed by atoms with van der Waals surface area (Å²) in [5.41, 5.74) is 6.62. The molecule has 1 saturated heterocycles. The van der Waals surface area contributed by atoms with Gasteiger partial charge in [0, 0.05) is 37.2 Å². The maximum Gasteiger partial charge on any atom is 0.251 e. The lowest BCUT2D eigenvalue weighted by Gasteiger charge is -2.34. The third-order valence-electron chi connectivity index (χ3n) is 5.24. The highest BCUT2D eigenvalue weighted by Crippen LogP contribution is 2.28. The molecule has 1 aromatic carbocycles. The van der Waals surface area contributed by atoms with E-state index in [9.17, 15) is 9.59 Å². The number of benzene rings is 1. The van der Waals surface area contributed by atoms with Crippen LogP contribution in [0.4, 0.5) is 0 Å². The van der Waals surface area contributed by atoms with E-state index in [1.54, 1.807) is 0 Å². The van der Waals surface area contributed by atoms with E-state index >= 15 is 0 Å². The normalized spacial score (nSPS) is 27.0. The van der Waals surface area contributed by atoms with Crippen molar-refractivity contribution in [2.24, 2.45) is 17.6 Å². The van der Waals surface area contributed by atoms with Gasteiger partial charge >= 0.3 is 0 Å². The molecule has 3 N–H and O–H groups in total. The number of nitrogens with two attached hydrogens (primary N) is 1. The van der Waals surface area contributed by atoms with Crippen molar-refractivity contribution in [2.75, 3.05) is 19.6 Å².